The maximum Gasteiger partial charge on any atom is 0.106 e. The van der Waals surface area contributed by atoms with Gasteiger partial charge in [-0.2, -0.15) is 11.8 Å². The molecule has 4 N–H and O–H groups in total. The van der Waals surface area contributed by atoms with Crippen LogP contribution in [0.4, 0.5) is 0 Å². The zero-order valence-corrected chi connectivity index (χ0v) is 7.81. The van der Waals surface area contributed by atoms with E-state index in [4.69, 9.17) is 10.8 Å². The van der Waals surface area contributed by atoms with Gasteiger partial charge in [0.1, 0.15) is 5.84 Å². The second-order valence-corrected chi connectivity index (χ2v) is 3.81. The number of hydrogen-bond acceptors (Lipinski definition) is 5. The van der Waals surface area contributed by atoms with Gasteiger partial charge >= 0.3 is 0 Å². The molecule has 0 aromatic heterocycles. The lowest BCUT2D eigenvalue weighted by Gasteiger charge is -2.15. The van der Waals surface area contributed by atoms with E-state index >= 15 is 0 Å². The van der Waals surface area contributed by atoms with Gasteiger partial charge in [0.2, 0.25) is 0 Å². The third kappa shape index (κ3) is 3.42. The van der Waals surface area contributed by atoms with Gasteiger partial charge in [-0.15, -0.1) is 0 Å². The van der Waals surface area contributed by atoms with Gasteiger partial charge in [-0.25, -0.2) is 0 Å². The van der Waals surface area contributed by atoms with E-state index in [2.05, 4.69) is 10.3 Å². The maximum absolute atomic E-state index is 8.65. The highest BCUT2D eigenvalue weighted by atomic mass is 32.2. The first kappa shape index (κ1) is 9.83. The summed E-state index contributed by atoms with van der Waals surface area (Å²) in [7, 11) is 0. The Hall–Kier alpha value is -0.260. The maximum atomic E-state index is 8.65. The molecule has 5 heteroatoms. The number of nitrogens with two attached hydrogens (primary N) is 1. The molecule has 4 nitrogen and oxygen atoms in total. The fourth-order valence-electron chi connectivity index (χ4n) is 0.880. The van der Waals surface area contributed by atoms with E-state index in [9.17, 15) is 0 Å². The van der Waals surface area contributed by atoms with Crippen LogP contribution in [-0.4, -0.2) is 48.2 Å². The van der Waals surface area contributed by atoms with E-state index in [-0.39, 0.29) is 12.6 Å². The van der Waals surface area contributed by atoms with E-state index in [0.717, 1.165) is 23.9 Å². The molecule has 0 spiro atoms. The third-order valence-corrected chi connectivity index (χ3v) is 2.53. The van der Waals surface area contributed by atoms with Gasteiger partial charge in [0, 0.05) is 18.3 Å². The number of hydrogen-bond donors (Lipinski definition) is 3. The number of nitrogens with one attached hydrogen (secondary N) is 1. The number of amidine groups is 1. The van der Waals surface area contributed by atoms with Gasteiger partial charge in [-0.1, -0.05) is 0 Å². The second kappa shape index (κ2) is 5.40. The largest absolute Gasteiger partial charge is 0.395 e. The SMILES string of the molecule is NC(CO)CNC1=NCCSC1. The van der Waals surface area contributed by atoms with Crippen molar-refractivity contribution in [2.24, 2.45) is 10.7 Å². The van der Waals surface area contributed by atoms with Gasteiger partial charge in [0.25, 0.3) is 0 Å². The molecular weight excluding hydrogens is 174 g/mol. The molecule has 0 bridgehead atoms. The van der Waals surface area contributed by atoms with Gasteiger partial charge < -0.3 is 16.2 Å². The third-order valence-electron chi connectivity index (χ3n) is 1.58. The molecule has 1 atom stereocenters. The van der Waals surface area contributed by atoms with Gasteiger partial charge in [0.05, 0.1) is 18.9 Å². The van der Waals surface area contributed by atoms with E-state index in [1.54, 1.807) is 0 Å². The standard InChI is InChI=1S/C7H15N3OS/c8-6(4-11)3-10-7-5-12-2-1-9-7/h6,11H,1-5,8H2,(H,9,10). The van der Waals surface area contributed by atoms with Crippen LogP contribution in [0.15, 0.2) is 4.99 Å². The van der Waals surface area contributed by atoms with Crippen molar-refractivity contribution in [1.29, 1.82) is 0 Å². The van der Waals surface area contributed by atoms with Crippen molar-refractivity contribution in [1.82, 2.24) is 5.32 Å². The number of aliphatic hydroxyl groups excluding tert-OH is 1. The first-order chi connectivity index (χ1) is 5.83. The second-order valence-electron chi connectivity index (χ2n) is 2.70. The van der Waals surface area contributed by atoms with Crippen molar-refractivity contribution < 1.29 is 5.11 Å². The Labute approximate surface area is 76.6 Å². The van der Waals surface area contributed by atoms with Crippen LogP contribution >= 0.6 is 11.8 Å². The summed E-state index contributed by atoms with van der Waals surface area (Å²) in [4.78, 5) is 4.28. The predicted octanol–water partition coefficient (Wildman–Crippen LogP) is -0.959. The lowest BCUT2D eigenvalue weighted by Crippen LogP contribution is -2.41. The quantitative estimate of drug-likeness (QED) is 0.535. The normalized spacial score (nSPS) is 20.0. The summed E-state index contributed by atoms with van der Waals surface area (Å²) in [6.45, 7) is 1.52. The van der Waals surface area contributed by atoms with Crippen LogP contribution in [0.3, 0.4) is 0 Å². The minimum absolute atomic E-state index is 0.0213. The molecule has 0 aliphatic carbocycles. The van der Waals surface area contributed by atoms with Crippen molar-refractivity contribution in [3.63, 3.8) is 0 Å². The minimum Gasteiger partial charge on any atom is -0.395 e. The Balaban J connectivity index is 2.17. The molecule has 1 aliphatic heterocycles. The average Bonchev–Trinajstić information content (AvgIpc) is 2.16. The summed E-state index contributed by atoms with van der Waals surface area (Å²) in [6.07, 6.45) is 0. The Kier molecular flexibility index (Phi) is 4.42. The Morgan fingerprint density at radius 2 is 2.58 bits per heavy atom. The molecule has 0 radical (unpaired) electrons. The highest BCUT2D eigenvalue weighted by Gasteiger charge is 2.06. The number of aliphatic hydroxyl groups is 1. The fraction of sp³-hybridized carbons (Fsp3) is 0.857. The molecule has 0 fully saturated rings. The number of thioether (sulfide) groups is 1. The molecule has 70 valence electrons. The molecule has 1 heterocycles. The molecule has 0 saturated heterocycles. The summed E-state index contributed by atoms with van der Waals surface area (Å²) in [5, 5.41) is 11.8. The molecule has 0 aromatic rings. The van der Waals surface area contributed by atoms with Crippen LogP contribution in [0.2, 0.25) is 0 Å². The lowest BCUT2D eigenvalue weighted by atomic mass is 10.3. The highest BCUT2D eigenvalue weighted by molar-refractivity contribution is 8.00. The van der Waals surface area contributed by atoms with Gasteiger partial charge in [0.15, 0.2) is 0 Å². The fourth-order valence-corrected chi connectivity index (χ4v) is 1.63. The summed E-state index contributed by atoms with van der Waals surface area (Å²) in [5.41, 5.74) is 5.52. The number of rotatable bonds is 3. The molecule has 0 saturated carbocycles. The lowest BCUT2D eigenvalue weighted by molar-refractivity contribution is 0.266. The Morgan fingerprint density at radius 1 is 1.75 bits per heavy atom. The van der Waals surface area contributed by atoms with Gasteiger partial charge in [-0.3, -0.25) is 4.99 Å². The van der Waals surface area contributed by atoms with Crippen LogP contribution in [0, 0.1) is 0 Å². The smallest absolute Gasteiger partial charge is 0.106 e. The zero-order valence-electron chi connectivity index (χ0n) is 6.99. The molecule has 12 heavy (non-hydrogen) atoms. The van der Waals surface area contributed by atoms with Crippen LogP contribution in [0.25, 0.3) is 0 Å². The monoisotopic (exact) mass is 189 g/mol. The van der Waals surface area contributed by atoms with Gasteiger partial charge in [-0.05, 0) is 0 Å². The first-order valence-corrected chi connectivity index (χ1v) is 5.20. The summed E-state index contributed by atoms with van der Waals surface area (Å²) < 4.78 is 0. The first-order valence-electron chi connectivity index (χ1n) is 4.04. The molecule has 0 amide bonds. The van der Waals surface area contributed by atoms with E-state index in [1.165, 1.54) is 0 Å². The molecule has 1 unspecified atom stereocenters. The molecule has 0 aromatic carbocycles. The van der Waals surface area contributed by atoms with E-state index in [1.807, 2.05) is 11.8 Å². The van der Waals surface area contributed by atoms with Crippen molar-refractivity contribution in [2.75, 3.05) is 31.2 Å². The highest BCUT2D eigenvalue weighted by Crippen LogP contribution is 2.04. The van der Waals surface area contributed by atoms with Crippen LogP contribution in [0.5, 0.6) is 0 Å². The van der Waals surface area contributed by atoms with Crippen molar-refractivity contribution in [3.8, 4) is 0 Å². The van der Waals surface area contributed by atoms with Crippen molar-refractivity contribution >= 4 is 17.6 Å². The summed E-state index contributed by atoms with van der Waals surface area (Å²) >= 11 is 1.87. The molecule has 1 rings (SSSR count). The summed E-state index contributed by atoms with van der Waals surface area (Å²) in [5.74, 6) is 3.06. The topological polar surface area (TPSA) is 70.6 Å². The number of aliphatic imine (C=N–C) groups is 1. The zero-order chi connectivity index (χ0) is 8.81. The van der Waals surface area contributed by atoms with Crippen molar-refractivity contribution in [3.05, 3.63) is 0 Å². The van der Waals surface area contributed by atoms with Crippen LogP contribution in [-0.2, 0) is 0 Å². The van der Waals surface area contributed by atoms with Crippen molar-refractivity contribution in [2.45, 2.75) is 6.04 Å². The van der Waals surface area contributed by atoms with Crippen LogP contribution in [0.1, 0.15) is 0 Å². The number of nitrogens with zero attached hydrogens (tertiary/aromatic N) is 1. The Morgan fingerprint density at radius 3 is 3.17 bits per heavy atom. The molecular formula is C7H15N3OS. The predicted molar refractivity (Wildman–Crippen MR) is 52.7 cm³/mol. The van der Waals surface area contributed by atoms with E-state index < -0.39 is 0 Å². The van der Waals surface area contributed by atoms with E-state index in [0.29, 0.717) is 6.54 Å². The van der Waals surface area contributed by atoms with Crippen LogP contribution < -0.4 is 11.1 Å². The summed E-state index contributed by atoms with van der Waals surface area (Å²) in [6, 6.07) is -0.181. The Bertz CT molecular complexity index is 163. The molecule has 1 aliphatic rings. The minimum atomic E-state index is -0.181. The average molecular weight is 189 g/mol.